The van der Waals surface area contributed by atoms with E-state index in [1.165, 1.54) is 15.3 Å². The molecule has 2 heterocycles. The highest BCUT2D eigenvalue weighted by atomic mass is 32.1. The molecule has 104 valence electrons. The third kappa shape index (κ3) is 3.45. The van der Waals surface area contributed by atoms with Crippen molar-refractivity contribution in [1.82, 2.24) is 4.90 Å². The van der Waals surface area contributed by atoms with Gasteiger partial charge in [0.1, 0.15) is 0 Å². The molecule has 0 bridgehead atoms. The van der Waals surface area contributed by atoms with Gasteiger partial charge in [-0.1, -0.05) is 13.0 Å². The van der Waals surface area contributed by atoms with Gasteiger partial charge in [0.15, 0.2) is 0 Å². The molecule has 4 heteroatoms. The van der Waals surface area contributed by atoms with Gasteiger partial charge in [0.05, 0.1) is 6.04 Å². The Balaban J connectivity index is 2.24. The maximum Gasteiger partial charge on any atom is 0.0596 e. The van der Waals surface area contributed by atoms with E-state index < -0.39 is 0 Å². The number of hydrogen-bond acceptors (Lipinski definition) is 4. The normalized spacial score (nSPS) is 14.8. The molecule has 0 radical (unpaired) electrons. The summed E-state index contributed by atoms with van der Waals surface area (Å²) >= 11 is 3.64. The minimum atomic E-state index is 0.136. The van der Waals surface area contributed by atoms with Crippen molar-refractivity contribution in [3.8, 4) is 0 Å². The number of hydrogen-bond donors (Lipinski definition) is 1. The van der Waals surface area contributed by atoms with Gasteiger partial charge < -0.3 is 5.73 Å². The quantitative estimate of drug-likeness (QED) is 0.871. The summed E-state index contributed by atoms with van der Waals surface area (Å²) in [6.07, 6.45) is 0. The van der Waals surface area contributed by atoms with Crippen molar-refractivity contribution in [1.29, 1.82) is 0 Å². The molecule has 2 unspecified atom stereocenters. The maximum absolute atomic E-state index is 6.27. The predicted octanol–water partition coefficient (Wildman–Crippen LogP) is 4.03. The fourth-order valence-electron chi connectivity index (χ4n) is 2.43. The summed E-state index contributed by atoms with van der Waals surface area (Å²) in [5.41, 5.74) is 7.63. The van der Waals surface area contributed by atoms with E-state index >= 15 is 0 Å². The van der Waals surface area contributed by atoms with Crippen LogP contribution >= 0.6 is 22.7 Å². The Bertz CT molecular complexity index is 488. The van der Waals surface area contributed by atoms with E-state index in [0.29, 0.717) is 6.04 Å². The van der Waals surface area contributed by atoms with Crippen molar-refractivity contribution in [2.24, 2.45) is 5.73 Å². The number of aryl methyl sites for hydroxylation is 1. The first-order valence-electron chi connectivity index (χ1n) is 6.69. The first kappa shape index (κ1) is 14.7. The van der Waals surface area contributed by atoms with Gasteiger partial charge in [-0.25, -0.2) is 0 Å². The lowest BCUT2D eigenvalue weighted by Crippen LogP contribution is -2.38. The zero-order valence-electron chi connectivity index (χ0n) is 11.8. The van der Waals surface area contributed by atoms with E-state index in [-0.39, 0.29) is 6.04 Å². The number of nitrogens with two attached hydrogens (primary N) is 1. The molecule has 2 atom stereocenters. The minimum Gasteiger partial charge on any atom is -0.326 e. The van der Waals surface area contributed by atoms with Crippen LogP contribution in [0.3, 0.4) is 0 Å². The number of likely N-dealkylation sites (N-methyl/N-ethyl adjacent to an activating group) is 1. The lowest BCUT2D eigenvalue weighted by molar-refractivity contribution is 0.181. The van der Waals surface area contributed by atoms with E-state index in [1.807, 2.05) is 22.7 Å². The molecular formula is C15H22N2S2. The second kappa shape index (κ2) is 6.66. The second-order valence-electron chi connectivity index (χ2n) is 4.91. The molecular weight excluding hydrogens is 272 g/mol. The Labute approximate surface area is 123 Å². The summed E-state index contributed by atoms with van der Waals surface area (Å²) in [5, 5.41) is 4.31. The molecule has 0 spiro atoms. The van der Waals surface area contributed by atoms with Crippen molar-refractivity contribution < 1.29 is 0 Å². The predicted molar refractivity (Wildman–Crippen MR) is 85.8 cm³/mol. The minimum absolute atomic E-state index is 0.136. The van der Waals surface area contributed by atoms with Gasteiger partial charge in [-0.2, -0.15) is 0 Å². The maximum atomic E-state index is 6.27. The van der Waals surface area contributed by atoms with Gasteiger partial charge in [0.2, 0.25) is 0 Å². The fraction of sp³-hybridized carbons (Fsp3) is 0.467. The summed E-state index contributed by atoms with van der Waals surface area (Å²) in [6.45, 7) is 8.51. The summed E-state index contributed by atoms with van der Waals surface area (Å²) in [6, 6.07) is 6.95. The van der Waals surface area contributed by atoms with E-state index in [4.69, 9.17) is 5.73 Å². The van der Waals surface area contributed by atoms with Crippen LogP contribution in [0.4, 0.5) is 0 Å². The monoisotopic (exact) mass is 294 g/mol. The van der Waals surface area contributed by atoms with E-state index in [9.17, 15) is 0 Å². The Hall–Kier alpha value is -0.680. The lowest BCUT2D eigenvalue weighted by Gasteiger charge is -2.33. The van der Waals surface area contributed by atoms with Crippen molar-refractivity contribution in [2.45, 2.75) is 39.4 Å². The van der Waals surface area contributed by atoms with Gasteiger partial charge in [-0.05, 0) is 48.8 Å². The van der Waals surface area contributed by atoms with Crippen LogP contribution in [0.25, 0.3) is 0 Å². The highest BCUT2D eigenvalue weighted by Gasteiger charge is 2.25. The molecule has 19 heavy (non-hydrogen) atoms. The van der Waals surface area contributed by atoms with Crippen molar-refractivity contribution >= 4 is 22.7 Å². The summed E-state index contributed by atoms with van der Waals surface area (Å²) in [7, 11) is 0. The molecule has 0 fully saturated rings. The Morgan fingerprint density at radius 1 is 1.26 bits per heavy atom. The van der Waals surface area contributed by atoms with Gasteiger partial charge in [0.25, 0.3) is 0 Å². The molecule has 2 aromatic heterocycles. The average Bonchev–Trinajstić information content (AvgIpc) is 3.00. The molecule has 0 aromatic carbocycles. The fourth-order valence-corrected chi connectivity index (χ4v) is 4.34. The van der Waals surface area contributed by atoms with Crippen LogP contribution in [-0.4, -0.2) is 17.5 Å². The number of rotatable bonds is 6. The largest absolute Gasteiger partial charge is 0.326 e. The highest BCUT2D eigenvalue weighted by Crippen LogP contribution is 2.32. The molecule has 0 aliphatic carbocycles. The molecule has 0 saturated carbocycles. The lowest BCUT2D eigenvalue weighted by atomic mass is 10.0. The first-order chi connectivity index (χ1) is 9.13. The van der Waals surface area contributed by atoms with Crippen LogP contribution in [0.5, 0.6) is 0 Å². The van der Waals surface area contributed by atoms with Gasteiger partial charge in [0, 0.05) is 22.3 Å². The highest BCUT2D eigenvalue weighted by molar-refractivity contribution is 7.10. The molecule has 2 nitrogen and oxygen atoms in total. The van der Waals surface area contributed by atoms with Crippen LogP contribution in [-0.2, 0) is 6.54 Å². The summed E-state index contributed by atoms with van der Waals surface area (Å²) < 4.78 is 0. The van der Waals surface area contributed by atoms with Gasteiger partial charge >= 0.3 is 0 Å². The Morgan fingerprint density at radius 2 is 2.05 bits per heavy atom. The van der Waals surface area contributed by atoms with Crippen molar-refractivity contribution in [3.63, 3.8) is 0 Å². The van der Waals surface area contributed by atoms with Gasteiger partial charge in [-0.3, -0.25) is 4.90 Å². The SMILES string of the molecule is CCN(Cc1cccs1)C(c1sccc1C)C(C)N. The topological polar surface area (TPSA) is 29.3 Å². The van der Waals surface area contributed by atoms with E-state index in [1.54, 1.807) is 0 Å². The molecule has 0 aliphatic heterocycles. The van der Waals surface area contributed by atoms with Crippen LogP contribution in [0.1, 0.15) is 35.2 Å². The van der Waals surface area contributed by atoms with Crippen LogP contribution in [0, 0.1) is 6.92 Å². The van der Waals surface area contributed by atoms with Gasteiger partial charge in [-0.15, -0.1) is 22.7 Å². The average molecular weight is 294 g/mol. The molecule has 2 aromatic rings. The third-order valence-electron chi connectivity index (χ3n) is 3.41. The number of thiophene rings is 2. The first-order valence-corrected chi connectivity index (χ1v) is 8.45. The van der Waals surface area contributed by atoms with E-state index in [2.05, 4.69) is 54.6 Å². The zero-order valence-corrected chi connectivity index (χ0v) is 13.4. The van der Waals surface area contributed by atoms with E-state index in [0.717, 1.165) is 13.1 Å². The van der Waals surface area contributed by atoms with Crippen molar-refractivity contribution in [3.05, 3.63) is 44.3 Å². The number of nitrogens with zero attached hydrogens (tertiary/aromatic N) is 1. The summed E-state index contributed by atoms with van der Waals surface area (Å²) in [5.74, 6) is 0. The van der Waals surface area contributed by atoms with Crippen molar-refractivity contribution in [2.75, 3.05) is 6.54 Å². The molecule has 0 amide bonds. The van der Waals surface area contributed by atoms with Crippen LogP contribution in [0.15, 0.2) is 29.0 Å². The zero-order chi connectivity index (χ0) is 13.8. The second-order valence-corrected chi connectivity index (χ2v) is 6.89. The Morgan fingerprint density at radius 3 is 2.53 bits per heavy atom. The molecule has 0 saturated heterocycles. The third-order valence-corrected chi connectivity index (χ3v) is 5.36. The molecule has 2 rings (SSSR count). The molecule has 2 N–H and O–H groups in total. The standard InChI is InChI=1S/C15H22N2S2/c1-4-17(10-13-6-5-8-18-13)14(12(3)16)15-11(2)7-9-19-15/h5-9,12,14H,4,10,16H2,1-3H3. The molecule has 0 aliphatic rings. The van der Waals surface area contributed by atoms with Crippen LogP contribution < -0.4 is 5.73 Å². The van der Waals surface area contributed by atoms with Crippen LogP contribution in [0.2, 0.25) is 0 Å². The smallest absolute Gasteiger partial charge is 0.0596 e. The summed E-state index contributed by atoms with van der Waals surface area (Å²) in [4.78, 5) is 5.30. The Kier molecular flexibility index (Phi) is 5.16.